The van der Waals surface area contributed by atoms with Gasteiger partial charge in [0.1, 0.15) is 5.82 Å². The number of anilines is 1. The minimum absolute atomic E-state index is 0.0260. The number of amides is 1. The van der Waals surface area contributed by atoms with E-state index in [0.29, 0.717) is 13.0 Å². The van der Waals surface area contributed by atoms with E-state index in [9.17, 15) is 4.79 Å². The predicted molar refractivity (Wildman–Crippen MR) is 122 cm³/mol. The van der Waals surface area contributed by atoms with Crippen LogP contribution in [0.4, 0.5) is 5.13 Å². The number of rotatable bonds is 12. The molecule has 160 valence electrons. The Hall–Kier alpha value is -1.99. The number of nitrogens with zero attached hydrogens (tertiary/aromatic N) is 4. The van der Waals surface area contributed by atoms with Crippen LogP contribution in [0.15, 0.2) is 24.3 Å². The maximum Gasteiger partial charge on any atom is 0.239 e. The van der Waals surface area contributed by atoms with Gasteiger partial charge in [-0.1, -0.05) is 43.7 Å². The molecule has 0 aliphatic carbocycles. The van der Waals surface area contributed by atoms with Gasteiger partial charge in [-0.2, -0.15) is 4.37 Å². The van der Waals surface area contributed by atoms with Crippen LogP contribution in [0.25, 0.3) is 0 Å². The highest BCUT2D eigenvalue weighted by atomic mass is 32.1. The minimum Gasteiger partial charge on any atom is -0.352 e. The first kappa shape index (κ1) is 23.3. The summed E-state index contributed by atoms with van der Waals surface area (Å²) in [5.41, 5.74) is 2.44. The molecule has 1 aromatic heterocycles. The summed E-state index contributed by atoms with van der Waals surface area (Å²) in [4.78, 5) is 21.2. The number of aromatic nitrogens is 2. The average molecular weight is 418 g/mol. The van der Waals surface area contributed by atoms with Crippen molar-refractivity contribution in [2.24, 2.45) is 0 Å². The van der Waals surface area contributed by atoms with Gasteiger partial charge in [-0.25, -0.2) is 4.98 Å². The molecule has 1 unspecified atom stereocenters. The first-order valence-corrected chi connectivity index (χ1v) is 11.3. The highest BCUT2D eigenvalue weighted by molar-refractivity contribution is 7.09. The van der Waals surface area contributed by atoms with Crippen molar-refractivity contribution in [3.05, 3.63) is 41.2 Å². The molecule has 7 heteroatoms. The van der Waals surface area contributed by atoms with Gasteiger partial charge in [0.25, 0.3) is 0 Å². The molecule has 1 aromatic carbocycles. The fraction of sp³-hybridized carbons (Fsp3) is 0.591. The van der Waals surface area contributed by atoms with Gasteiger partial charge in [-0.3, -0.25) is 4.79 Å². The maximum absolute atomic E-state index is 12.4. The summed E-state index contributed by atoms with van der Waals surface area (Å²) in [6, 6.07) is 8.59. The molecule has 1 atom stereocenters. The second-order valence-corrected chi connectivity index (χ2v) is 8.38. The van der Waals surface area contributed by atoms with E-state index in [1.807, 2.05) is 11.9 Å². The van der Waals surface area contributed by atoms with Crippen LogP contribution >= 0.6 is 11.5 Å². The summed E-state index contributed by atoms with van der Waals surface area (Å²) < 4.78 is 4.45. The lowest BCUT2D eigenvalue weighted by Gasteiger charge is -2.21. The Balaban J connectivity index is 1.76. The highest BCUT2D eigenvalue weighted by Crippen LogP contribution is 2.17. The summed E-state index contributed by atoms with van der Waals surface area (Å²) in [6.07, 6.45) is 2.80. The normalized spacial score (nSPS) is 12.2. The third-order valence-electron chi connectivity index (χ3n) is 5.06. The first-order chi connectivity index (χ1) is 13.9. The van der Waals surface area contributed by atoms with Crippen LogP contribution < -0.4 is 10.2 Å². The van der Waals surface area contributed by atoms with E-state index in [0.717, 1.165) is 43.4 Å². The molecule has 2 aromatic rings. The fourth-order valence-electron chi connectivity index (χ4n) is 3.20. The first-order valence-electron chi connectivity index (χ1n) is 10.5. The van der Waals surface area contributed by atoms with Gasteiger partial charge in [0.2, 0.25) is 11.0 Å². The standard InChI is InChI=1S/C22H35N5OS/c1-6-27(7-2)14-8-9-18(4)23-21(28)16-26(5)22-24-20(25-29-22)15-19-12-10-17(3)11-13-19/h10-13,18H,6-9,14-16H2,1-5H3,(H,23,28). The van der Waals surface area contributed by atoms with Crippen LogP contribution in [0.3, 0.4) is 0 Å². The molecule has 0 fully saturated rings. The average Bonchev–Trinajstić information content (AvgIpc) is 3.15. The van der Waals surface area contributed by atoms with Crippen molar-refractivity contribution >= 4 is 22.6 Å². The molecule has 0 aliphatic heterocycles. The van der Waals surface area contributed by atoms with Crippen molar-refractivity contribution < 1.29 is 4.79 Å². The number of carbonyl (C=O) groups excluding carboxylic acids is 1. The lowest BCUT2D eigenvalue weighted by Crippen LogP contribution is -2.40. The summed E-state index contributed by atoms with van der Waals surface area (Å²) >= 11 is 1.34. The van der Waals surface area contributed by atoms with Crippen LogP contribution in [0, 0.1) is 6.92 Å². The molecule has 0 saturated heterocycles. The van der Waals surface area contributed by atoms with Crippen molar-refractivity contribution in [1.29, 1.82) is 0 Å². The molecule has 1 N–H and O–H groups in total. The molecule has 0 saturated carbocycles. The predicted octanol–water partition coefficient (Wildman–Crippen LogP) is 3.50. The SMILES string of the molecule is CCN(CC)CCCC(C)NC(=O)CN(C)c1nc(Cc2ccc(C)cc2)ns1. The van der Waals surface area contributed by atoms with Crippen LogP contribution in [-0.4, -0.2) is 59.4 Å². The summed E-state index contributed by atoms with van der Waals surface area (Å²) in [7, 11) is 1.89. The maximum atomic E-state index is 12.4. The van der Waals surface area contributed by atoms with E-state index in [1.54, 1.807) is 0 Å². The lowest BCUT2D eigenvalue weighted by molar-refractivity contribution is -0.120. The molecular weight excluding hydrogens is 382 g/mol. The third kappa shape index (κ3) is 8.11. The van der Waals surface area contributed by atoms with Crippen LogP contribution in [-0.2, 0) is 11.2 Å². The van der Waals surface area contributed by atoms with E-state index in [4.69, 9.17) is 0 Å². The number of likely N-dealkylation sites (N-methyl/N-ethyl adjacent to an activating group) is 1. The minimum atomic E-state index is 0.0260. The number of hydrogen-bond donors (Lipinski definition) is 1. The van der Waals surface area contributed by atoms with Crippen LogP contribution in [0.2, 0.25) is 0 Å². The summed E-state index contributed by atoms with van der Waals surface area (Å²) in [5, 5.41) is 3.87. The molecule has 0 aliphatic rings. The molecule has 29 heavy (non-hydrogen) atoms. The molecule has 6 nitrogen and oxygen atoms in total. The molecule has 2 rings (SSSR count). The molecule has 1 amide bonds. The molecule has 0 spiro atoms. The van der Waals surface area contributed by atoms with Gasteiger partial charge in [0.15, 0.2) is 0 Å². The highest BCUT2D eigenvalue weighted by Gasteiger charge is 2.14. The molecule has 1 heterocycles. The fourth-order valence-corrected chi connectivity index (χ4v) is 3.84. The van der Waals surface area contributed by atoms with Gasteiger partial charge in [-0.15, -0.1) is 0 Å². The Bertz CT molecular complexity index is 742. The Kier molecular flexibility index (Phi) is 9.54. The van der Waals surface area contributed by atoms with Gasteiger partial charge in [-0.05, 0) is 51.9 Å². The van der Waals surface area contributed by atoms with Crippen LogP contribution in [0.1, 0.15) is 50.6 Å². The smallest absolute Gasteiger partial charge is 0.239 e. The van der Waals surface area contributed by atoms with Gasteiger partial charge >= 0.3 is 0 Å². The van der Waals surface area contributed by atoms with E-state index >= 15 is 0 Å². The molecule has 0 radical (unpaired) electrons. The molecular formula is C22H35N5OS. The largest absolute Gasteiger partial charge is 0.352 e. The Morgan fingerprint density at radius 3 is 2.55 bits per heavy atom. The van der Waals surface area contributed by atoms with Crippen molar-refractivity contribution in [3.63, 3.8) is 0 Å². The van der Waals surface area contributed by atoms with Gasteiger partial charge in [0.05, 0.1) is 6.54 Å². The Labute approximate surface area is 179 Å². The Morgan fingerprint density at radius 1 is 1.21 bits per heavy atom. The van der Waals surface area contributed by atoms with Crippen molar-refractivity contribution in [2.45, 2.75) is 53.0 Å². The van der Waals surface area contributed by atoms with Crippen molar-refractivity contribution in [3.8, 4) is 0 Å². The lowest BCUT2D eigenvalue weighted by atomic mass is 10.1. The van der Waals surface area contributed by atoms with E-state index in [1.165, 1.54) is 22.7 Å². The zero-order valence-corrected chi connectivity index (χ0v) is 19.3. The monoisotopic (exact) mass is 417 g/mol. The second-order valence-electron chi connectivity index (χ2n) is 7.65. The van der Waals surface area contributed by atoms with Crippen molar-refractivity contribution in [1.82, 2.24) is 19.6 Å². The number of benzene rings is 1. The third-order valence-corrected chi connectivity index (χ3v) is 5.93. The topological polar surface area (TPSA) is 61.4 Å². The van der Waals surface area contributed by atoms with E-state index in [-0.39, 0.29) is 11.9 Å². The number of hydrogen-bond acceptors (Lipinski definition) is 6. The van der Waals surface area contributed by atoms with Gasteiger partial charge in [0, 0.05) is 31.0 Å². The zero-order chi connectivity index (χ0) is 21.2. The summed E-state index contributed by atoms with van der Waals surface area (Å²) in [5.74, 6) is 0.823. The zero-order valence-electron chi connectivity index (χ0n) is 18.4. The Morgan fingerprint density at radius 2 is 1.90 bits per heavy atom. The number of carbonyl (C=O) groups is 1. The quantitative estimate of drug-likeness (QED) is 0.573. The van der Waals surface area contributed by atoms with Gasteiger partial charge < -0.3 is 15.1 Å². The van der Waals surface area contributed by atoms with Crippen LogP contribution in [0.5, 0.6) is 0 Å². The second kappa shape index (κ2) is 11.9. The number of nitrogens with one attached hydrogen (secondary N) is 1. The molecule has 0 bridgehead atoms. The number of aryl methyl sites for hydroxylation is 1. The van der Waals surface area contributed by atoms with E-state index < -0.39 is 0 Å². The van der Waals surface area contributed by atoms with E-state index in [2.05, 4.69) is 71.5 Å². The summed E-state index contributed by atoms with van der Waals surface area (Å²) in [6.45, 7) is 12.1. The van der Waals surface area contributed by atoms with Crippen molar-refractivity contribution in [2.75, 3.05) is 38.1 Å².